The van der Waals surface area contributed by atoms with Crippen LogP contribution < -0.4 is 5.32 Å². The fourth-order valence-corrected chi connectivity index (χ4v) is 4.96. The van der Waals surface area contributed by atoms with Gasteiger partial charge in [-0.2, -0.15) is 4.31 Å². The normalized spacial score (nSPS) is 18.9. The number of carbonyl (C=O) groups is 1. The summed E-state index contributed by atoms with van der Waals surface area (Å²) in [6, 6.07) is 4.72. The van der Waals surface area contributed by atoms with Crippen molar-refractivity contribution in [3.63, 3.8) is 0 Å². The van der Waals surface area contributed by atoms with Crippen LogP contribution in [0.2, 0.25) is 0 Å². The van der Waals surface area contributed by atoms with Crippen LogP contribution in [0, 0.1) is 18.7 Å². The number of benzene rings is 1. The Morgan fingerprint density at radius 2 is 2.08 bits per heavy atom. The molecule has 134 valence electrons. The van der Waals surface area contributed by atoms with E-state index in [2.05, 4.69) is 10.3 Å². The molecule has 1 aliphatic heterocycles. The summed E-state index contributed by atoms with van der Waals surface area (Å²) < 4.78 is 39.7. The molecule has 0 aliphatic carbocycles. The summed E-state index contributed by atoms with van der Waals surface area (Å²) in [4.78, 5) is 16.6. The van der Waals surface area contributed by atoms with Crippen LogP contribution in [0.3, 0.4) is 0 Å². The zero-order chi connectivity index (χ0) is 18.0. The SMILES string of the molecule is Cc1csc(NC(=O)C2CCCN(S(=O)(=O)c3ccc(F)cc3)C2)n1. The van der Waals surface area contributed by atoms with Gasteiger partial charge in [-0.1, -0.05) is 0 Å². The highest BCUT2D eigenvalue weighted by atomic mass is 32.2. The molecule has 2 aromatic rings. The zero-order valence-electron chi connectivity index (χ0n) is 13.6. The summed E-state index contributed by atoms with van der Waals surface area (Å²) in [5.41, 5.74) is 0.824. The molecule has 1 aromatic heterocycles. The van der Waals surface area contributed by atoms with Gasteiger partial charge in [0.2, 0.25) is 15.9 Å². The van der Waals surface area contributed by atoms with Crippen molar-refractivity contribution in [2.24, 2.45) is 5.92 Å². The van der Waals surface area contributed by atoms with Crippen LogP contribution in [0.25, 0.3) is 0 Å². The van der Waals surface area contributed by atoms with Gasteiger partial charge in [-0.15, -0.1) is 11.3 Å². The highest BCUT2D eigenvalue weighted by molar-refractivity contribution is 7.89. The van der Waals surface area contributed by atoms with E-state index in [1.165, 1.54) is 27.8 Å². The van der Waals surface area contributed by atoms with Gasteiger partial charge in [-0.3, -0.25) is 4.79 Å². The maximum atomic E-state index is 13.0. The van der Waals surface area contributed by atoms with E-state index in [1.54, 1.807) is 0 Å². The summed E-state index contributed by atoms with van der Waals surface area (Å²) in [7, 11) is -3.74. The second kappa shape index (κ2) is 7.19. The summed E-state index contributed by atoms with van der Waals surface area (Å²) in [5.74, 6) is -1.16. The van der Waals surface area contributed by atoms with Crippen LogP contribution >= 0.6 is 11.3 Å². The van der Waals surface area contributed by atoms with Crippen LogP contribution in [-0.4, -0.2) is 36.7 Å². The van der Waals surface area contributed by atoms with Gasteiger partial charge in [-0.25, -0.2) is 17.8 Å². The molecule has 1 unspecified atom stereocenters. The lowest BCUT2D eigenvalue weighted by atomic mass is 9.99. The van der Waals surface area contributed by atoms with E-state index in [9.17, 15) is 17.6 Å². The van der Waals surface area contributed by atoms with Crippen LogP contribution in [0.5, 0.6) is 0 Å². The van der Waals surface area contributed by atoms with E-state index < -0.39 is 21.8 Å². The number of nitrogens with zero attached hydrogens (tertiary/aromatic N) is 2. The van der Waals surface area contributed by atoms with E-state index in [4.69, 9.17) is 0 Å². The van der Waals surface area contributed by atoms with Crippen LogP contribution in [0.15, 0.2) is 34.5 Å². The fraction of sp³-hybridized carbons (Fsp3) is 0.375. The van der Waals surface area contributed by atoms with E-state index in [0.717, 1.165) is 17.8 Å². The second-order valence-electron chi connectivity index (χ2n) is 5.94. The molecule has 2 heterocycles. The Bertz CT molecular complexity index is 865. The van der Waals surface area contributed by atoms with Gasteiger partial charge >= 0.3 is 0 Å². The first-order valence-corrected chi connectivity index (χ1v) is 10.2. The monoisotopic (exact) mass is 383 g/mol. The number of anilines is 1. The lowest BCUT2D eigenvalue weighted by Crippen LogP contribution is -2.43. The van der Waals surface area contributed by atoms with E-state index in [0.29, 0.717) is 24.5 Å². The maximum Gasteiger partial charge on any atom is 0.243 e. The van der Waals surface area contributed by atoms with Gasteiger partial charge in [0.15, 0.2) is 5.13 Å². The summed E-state index contributed by atoms with van der Waals surface area (Å²) in [5, 5.41) is 5.10. The Balaban J connectivity index is 1.71. The van der Waals surface area contributed by atoms with Crippen molar-refractivity contribution < 1.29 is 17.6 Å². The molecule has 1 aromatic carbocycles. The number of sulfonamides is 1. The predicted molar refractivity (Wildman–Crippen MR) is 93.4 cm³/mol. The minimum atomic E-state index is -3.74. The molecular formula is C16H18FN3O3S2. The highest BCUT2D eigenvalue weighted by Crippen LogP contribution is 2.25. The van der Waals surface area contributed by atoms with Crippen molar-refractivity contribution in [1.82, 2.24) is 9.29 Å². The number of aromatic nitrogens is 1. The number of nitrogens with one attached hydrogen (secondary N) is 1. The average Bonchev–Trinajstić information content (AvgIpc) is 3.00. The van der Waals surface area contributed by atoms with Crippen molar-refractivity contribution in [2.45, 2.75) is 24.7 Å². The third-order valence-electron chi connectivity index (χ3n) is 4.06. The molecular weight excluding hydrogens is 365 g/mol. The first-order chi connectivity index (χ1) is 11.9. The Kier molecular flexibility index (Phi) is 5.16. The van der Waals surface area contributed by atoms with Crippen LogP contribution in [0.4, 0.5) is 9.52 Å². The topological polar surface area (TPSA) is 79.4 Å². The van der Waals surface area contributed by atoms with Crippen LogP contribution in [0.1, 0.15) is 18.5 Å². The molecule has 3 rings (SSSR count). The predicted octanol–water partition coefficient (Wildman–Crippen LogP) is 2.63. The molecule has 1 amide bonds. The largest absolute Gasteiger partial charge is 0.302 e. The molecule has 1 fully saturated rings. The quantitative estimate of drug-likeness (QED) is 0.880. The molecule has 0 saturated carbocycles. The van der Waals surface area contributed by atoms with E-state index >= 15 is 0 Å². The standard InChI is InChI=1S/C16H18FN3O3S2/c1-11-10-24-16(18-11)19-15(21)12-3-2-8-20(9-12)25(22,23)14-6-4-13(17)5-7-14/h4-7,10,12H,2-3,8-9H2,1H3,(H,18,19,21). The van der Waals surface area contributed by atoms with Crippen molar-refractivity contribution in [3.05, 3.63) is 41.2 Å². The van der Waals surface area contributed by atoms with Gasteiger partial charge in [0, 0.05) is 18.5 Å². The lowest BCUT2D eigenvalue weighted by Gasteiger charge is -2.31. The van der Waals surface area contributed by atoms with Crippen molar-refractivity contribution in [3.8, 4) is 0 Å². The number of piperidine rings is 1. The number of hydrogen-bond acceptors (Lipinski definition) is 5. The molecule has 1 N–H and O–H groups in total. The third-order valence-corrected chi connectivity index (χ3v) is 6.81. The Morgan fingerprint density at radius 3 is 2.72 bits per heavy atom. The Hall–Kier alpha value is -1.84. The first-order valence-electron chi connectivity index (χ1n) is 7.85. The molecule has 0 radical (unpaired) electrons. The van der Waals surface area contributed by atoms with Crippen molar-refractivity contribution in [1.29, 1.82) is 0 Å². The fourth-order valence-electron chi connectivity index (χ4n) is 2.75. The summed E-state index contributed by atoms with van der Waals surface area (Å²) in [6.07, 6.45) is 1.21. The number of rotatable bonds is 4. The molecule has 1 atom stereocenters. The molecule has 0 bridgehead atoms. The summed E-state index contributed by atoms with van der Waals surface area (Å²) in [6.45, 7) is 2.29. The van der Waals surface area contributed by atoms with Crippen molar-refractivity contribution >= 4 is 32.4 Å². The van der Waals surface area contributed by atoms with Crippen molar-refractivity contribution in [2.75, 3.05) is 18.4 Å². The van der Waals surface area contributed by atoms with E-state index in [-0.39, 0.29) is 17.3 Å². The smallest absolute Gasteiger partial charge is 0.243 e. The molecule has 9 heteroatoms. The lowest BCUT2D eigenvalue weighted by molar-refractivity contribution is -0.120. The van der Waals surface area contributed by atoms with Crippen LogP contribution in [-0.2, 0) is 14.8 Å². The molecule has 1 saturated heterocycles. The Labute approximate surface area is 149 Å². The summed E-state index contributed by atoms with van der Waals surface area (Å²) >= 11 is 1.34. The van der Waals surface area contributed by atoms with Gasteiger partial charge in [0.05, 0.1) is 16.5 Å². The minimum absolute atomic E-state index is 0.0329. The number of amides is 1. The van der Waals surface area contributed by atoms with Gasteiger partial charge in [0.1, 0.15) is 5.82 Å². The zero-order valence-corrected chi connectivity index (χ0v) is 15.2. The maximum absolute atomic E-state index is 13.0. The first kappa shape index (κ1) is 18.0. The number of carbonyl (C=O) groups excluding carboxylic acids is 1. The number of aryl methyl sites for hydroxylation is 1. The Morgan fingerprint density at radius 1 is 1.36 bits per heavy atom. The third kappa shape index (κ3) is 4.05. The number of hydrogen-bond donors (Lipinski definition) is 1. The molecule has 25 heavy (non-hydrogen) atoms. The molecule has 1 aliphatic rings. The highest BCUT2D eigenvalue weighted by Gasteiger charge is 2.33. The number of thiazole rings is 1. The second-order valence-corrected chi connectivity index (χ2v) is 8.74. The van der Waals surface area contributed by atoms with Gasteiger partial charge < -0.3 is 5.32 Å². The molecule has 0 spiro atoms. The number of halogens is 1. The van der Waals surface area contributed by atoms with E-state index in [1.807, 2.05) is 12.3 Å². The van der Waals surface area contributed by atoms with Gasteiger partial charge in [0.25, 0.3) is 0 Å². The molecule has 6 nitrogen and oxygen atoms in total. The van der Waals surface area contributed by atoms with Gasteiger partial charge in [-0.05, 0) is 44.0 Å². The average molecular weight is 383 g/mol. The minimum Gasteiger partial charge on any atom is -0.302 e.